The summed E-state index contributed by atoms with van der Waals surface area (Å²) in [7, 11) is 0. The number of benzene rings is 3. The average Bonchev–Trinajstić information content (AvgIpc) is 3.31. The van der Waals surface area contributed by atoms with E-state index in [0.29, 0.717) is 16.9 Å². The van der Waals surface area contributed by atoms with Crippen molar-refractivity contribution in [2.24, 2.45) is 17.8 Å². The van der Waals surface area contributed by atoms with Crippen LogP contribution in [0.4, 0.5) is 11.4 Å². The maximum atomic E-state index is 14.1. The number of hydrogen-bond donors (Lipinski definition) is 1. The van der Waals surface area contributed by atoms with Crippen LogP contribution in [0, 0.1) is 27.9 Å². The molecule has 0 aromatic heterocycles. The number of hydrogen-bond acceptors (Lipinski definition) is 8. The number of Topliss-reactive ketones (excluding diaryl/α,β-unsaturated/α-hetero) is 1. The minimum Gasteiger partial charge on any atom is -0.507 e. The smallest absolute Gasteiger partial charge is 0.271 e. The number of carbonyl (C=O) groups excluding carboxylic acids is 4. The Morgan fingerprint density at radius 3 is 2.48 bits per heavy atom. The molecule has 3 aromatic rings. The maximum absolute atomic E-state index is 14.1. The summed E-state index contributed by atoms with van der Waals surface area (Å²) in [6.45, 7) is 1.85. The number of rotatable bonds is 6. The number of nitro groups is 1. The zero-order valence-electron chi connectivity index (χ0n) is 24.7. The highest BCUT2D eigenvalue weighted by atomic mass is 16.6. The maximum Gasteiger partial charge on any atom is 0.271 e. The van der Waals surface area contributed by atoms with E-state index in [1.54, 1.807) is 19.1 Å². The Balaban J connectivity index is 1.28. The predicted octanol–water partition coefficient (Wildman–Crippen LogP) is 5.51. The summed E-state index contributed by atoms with van der Waals surface area (Å²) in [6.07, 6.45) is 3.44. The van der Waals surface area contributed by atoms with Gasteiger partial charge in [0, 0.05) is 46.4 Å². The number of allylic oxidation sites excluding steroid dienone is 6. The van der Waals surface area contributed by atoms with Gasteiger partial charge in [0.25, 0.3) is 5.69 Å². The number of carbonyl (C=O) groups is 4. The van der Waals surface area contributed by atoms with Crippen LogP contribution in [0.15, 0.2) is 107 Å². The van der Waals surface area contributed by atoms with E-state index in [-0.39, 0.29) is 64.9 Å². The van der Waals surface area contributed by atoms with Crippen molar-refractivity contribution in [3.63, 3.8) is 0 Å². The van der Waals surface area contributed by atoms with Gasteiger partial charge in [-0.2, -0.15) is 0 Å². The van der Waals surface area contributed by atoms with Crippen LogP contribution in [0.2, 0.25) is 0 Å². The van der Waals surface area contributed by atoms with E-state index in [2.05, 4.69) is 0 Å². The lowest BCUT2D eigenvalue weighted by molar-refractivity contribution is -0.384. The number of imide groups is 1. The van der Waals surface area contributed by atoms with Gasteiger partial charge in [-0.1, -0.05) is 54.1 Å². The second kappa shape index (κ2) is 11.1. The van der Waals surface area contributed by atoms with Gasteiger partial charge in [0.2, 0.25) is 11.8 Å². The van der Waals surface area contributed by atoms with E-state index in [4.69, 9.17) is 4.74 Å². The Hall–Kier alpha value is -5.64. The Labute approximate surface area is 263 Å². The highest BCUT2D eigenvalue weighted by molar-refractivity contribution is 6.25. The Morgan fingerprint density at radius 1 is 0.957 bits per heavy atom. The summed E-state index contributed by atoms with van der Waals surface area (Å²) in [6, 6.07) is 19.8. The van der Waals surface area contributed by atoms with Crippen LogP contribution in [-0.4, -0.2) is 33.4 Å². The van der Waals surface area contributed by atoms with Crippen LogP contribution in [0.1, 0.15) is 36.8 Å². The number of anilines is 1. The van der Waals surface area contributed by atoms with E-state index in [0.717, 1.165) is 10.5 Å². The largest absolute Gasteiger partial charge is 0.507 e. The van der Waals surface area contributed by atoms with E-state index in [1.165, 1.54) is 36.4 Å². The number of phenols is 1. The van der Waals surface area contributed by atoms with Gasteiger partial charge in [-0.3, -0.25) is 29.3 Å². The fraction of sp³-hybridized carbons (Fsp3) is 0.222. The first-order valence-electron chi connectivity index (χ1n) is 15.0. The third-order valence-electron chi connectivity index (χ3n) is 9.42. The molecule has 2 amide bonds. The lowest BCUT2D eigenvalue weighted by Crippen LogP contribution is -2.39. The van der Waals surface area contributed by atoms with Crippen LogP contribution in [0.3, 0.4) is 0 Å². The number of ketones is 2. The molecule has 1 fully saturated rings. The number of fused-ring (bicyclic) bond motifs is 3. The van der Waals surface area contributed by atoms with Gasteiger partial charge in [0.15, 0.2) is 11.6 Å². The lowest BCUT2D eigenvalue weighted by Gasteiger charge is -2.42. The summed E-state index contributed by atoms with van der Waals surface area (Å²) < 4.78 is 5.89. The molecule has 4 atom stereocenters. The third kappa shape index (κ3) is 4.65. The number of nitro benzene ring substituents is 1. The van der Waals surface area contributed by atoms with Gasteiger partial charge >= 0.3 is 0 Å². The summed E-state index contributed by atoms with van der Waals surface area (Å²) in [5.74, 6) is -4.38. The van der Waals surface area contributed by atoms with Gasteiger partial charge in [-0.05, 0) is 49.5 Å². The zero-order valence-corrected chi connectivity index (χ0v) is 24.7. The third-order valence-corrected chi connectivity index (χ3v) is 9.42. The van der Waals surface area contributed by atoms with Gasteiger partial charge in [-0.25, -0.2) is 4.90 Å². The molecule has 1 aliphatic heterocycles. The average molecular weight is 617 g/mol. The normalized spacial score (nSPS) is 23.8. The monoisotopic (exact) mass is 616 g/mol. The minimum atomic E-state index is -0.854. The second-order valence-electron chi connectivity index (χ2n) is 12.0. The molecule has 0 radical (unpaired) electrons. The summed E-state index contributed by atoms with van der Waals surface area (Å²) in [4.78, 5) is 66.7. The molecular formula is C36H28N2O8. The molecule has 7 rings (SSSR count). The molecule has 3 aromatic carbocycles. The molecule has 1 heterocycles. The summed E-state index contributed by atoms with van der Waals surface area (Å²) >= 11 is 0. The molecule has 1 saturated heterocycles. The van der Waals surface area contributed by atoms with Gasteiger partial charge in [0.1, 0.15) is 18.1 Å². The molecular weight excluding hydrogens is 588 g/mol. The molecule has 0 bridgehead atoms. The van der Waals surface area contributed by atoms with Gasteiger partial charge < -0.3 is 9.84 Å². The van der Waals surface area contributed by atoms with Crippen molar-refractivity contribution in [2.45, 2.75) is 32.3 Å². The van der Waals surface area contributed by atoms with Crippen molar-refractivity contribution in [1.29, 1.82) is 0 Å². The molecule has 0 saturated carbocycles. The van der Waals surface area contributed by atoms with E-state index >= 15 is 0 Å². The molecule has 1 N–H and O–H groups in total. The Morgan fingerprint density at radius 2 is 1.74 bits per heavy atom. The molecule has 4 aliphatic rings. The van der Waals surface area contributed by atoms with Crippen molar-refractivity contribution in [2.75, 3.05) is 4.90 Å². The lowest BCUT2D eigenvalue weighted by atomic mass is 9.59. The summed E-state index contributed by atoms with van der Waals surface area (Å²) in [5, 5.41) is 22.8. The van der Waals surface area contributed by atoms with Crippen LogP contribution in [-0.2, 0) is 25.8 Å². The number of phenolic OH excluding ortho intramolecular Hbond substituents is 1. The van der Waals surface area contributed by atoms with Gasteiger partial charge in [-0.15, -0.1) is 0 Å². The number of aromatic hydroxyl groups is 1. The van der Waals surface area contributed by atoms with E-state index < -0.39 is 40.4 Å². The number of nitrogens with zero attached hydrogens (tertiary/aromatic N) is 2. The van der Waals surface area contributed by atoms with Crippen molar-refractivity contribution in [3.05, 3.63) is 128 Å². The van der Waals surface area contributed by atoms with Crippen molar-refractivity contribution >= 4 is 34.8 Å². The standard InChI is InChI=1S/C36H28N2O8/c1-19-14-30(40)33-28(34(19)41)17-27-24(31(33)25-11-10-23(16-29(25)39)46-18-20-6-3-2-4-7-20)12-13-26-32(27)36(43)37(35(26)42)21-8-5-9-22(15-21)38(44)45/h2-12,14-16,26-27,31-32,39H,13,17-18H2,1H3/t26-,27+,31+,32-/m0/s1. The van der Waals surface area contributed by atoms with E-state index in [9.17, 15) is 34.4 Å². The first-order valence-corrected chi connectivity index (χ1v) is 15.0. The predicted molar refractivity (Wildman–Crippen MR) is 166 cm³/mol. The molecule has 3 aliphatic carbocycles. The van der Waals surface area contributed by atoms with Crippen LogP contribution >= 0.6 is 0 Å². The Kier molecular flexibility index (Phi) is 7.00. The quantitative estimate of drug-likeness (QED) is 0.125. The van der Waals surface area contributed by atoms with Crippen LogP contribution < -0.4 is 9.64 Å². The molecule has 10 nitrogen and oxygen atoms in total. The van der Waals surface area contributed by atoms with E-state index in [1.807, 2.05) is 36.4 Å². The number of amides is 2. The molecule has 230 valence electrons. The van der Waals surface area contributed by atoms with Crippen molar-refractivity contribution in [3.8, 4) is 11.5 Å². The molecule has 10 heteroatoms. The fourth-order valence-corrected chi connectivity index (χ4v) is 7.34. The van der Waals surface area contributed by atoms with Crippen molar-refractivity contribution in [1.82, 2.24) is 0 Å². The zero-order chi connectivity index (χ0) is 32.3. The fourth-order valence-electron chi connectivity index (χ4n) is 7.34. The highest BCUT2D eigenvalue weighted by Crippen LogP contribution is 2.56. The first kappa shape index (κ1) is 29.1. The number of non-ortho nitro benzene ring substituents is 1. The van der Waals surface area contributed by atoms with Crippen molar-refractivity contribution < 1.29 is 33.9 Å². The minimum absolute atomic E-state index is 0.0788. The summed E-state index contributed by atoms with van der Waals surface area (Å²) in [5.41, 5.74) is 2.69. The van der Waals surface area contributed by atoms with Crippen LogP contribution in [0.5, 0.6) is 11.5 Å². The topological polar surface area (TPSA) is 144 Å². The van der Waals surface area contributed by atoms with Gasteiger partial charge in [0.05, 0.1) is 22.4 Å². The second-order valence-corrected chi connectivity index (χ2v) is 12.0. The molecule has 0 unspecified atom stereocenters. The number of ether oxygens (including phenoxy) is 1. The van der Waals surface area contributed by atoms with Crippen LogP contribution in [0.25, 0.3) is 0 Å². The molecule has 0 spiro atoms. The SMILES string of the molecule is CC1=CC(=O)C2=C(C[C@@H]3C(=CC[C@@H]4C(=O)N(c5cccc([N+](=O)[O-])c5)C(=O)[C@@H]43)[C@@H]2c2ccc(OCc3ccccc3)cc2O)C1=O. The first-order chi connectivity index (χ1) is 22.1. The Bertz CT molecular complexity index is 1960. The molecule has 46 heavy (non-hydrogen) atoms. The highest BCUT2D eigenvalue weighted by Gasteiger charge is 2.57.